The maximum absolute atomic E-state index is 12.1. The third-order valence-electron chi connectivity index (χ3n) is 2.98. The average Bonchev–Trinajstić information content (AvgIpc) is 2.47. The van der Waals surface area contributed by atoms with Crippen molar-refractivity contribution in [1.29, 1.82) is 0 Å². The van der Waals surface area contributed by atoms with Crippen LogP contribution in [0.5, 0.6) is 0 Å². The van der Waals surface area contributed by atoms with Gasteiger partial charge in [0.2, 0.25) is 0 Å². The Morgan fingerprint density at radius 3 is 2.45 bits per heavy atom. The van der Waals surface area contributed by atoms with E-state index in [-0.39, 0.29) is 5.91 Å². The van der Waals surface area contributed by atoms with Gasteiger partial charge in [-0.2, -0.15) is 0 Å². The third kappa shape index (κ3) is 3.68. The monoisotopic (exact) mass is 333 g/mol. The van der Waals surface area contributed by atoms with Gasteiger partial charge in [-0.3, -0.25) is 4.79 Å². The molecule has 1 amide bonds. The second kappa shape index (κ2) is 7.22. The van der Waals surface area contributed by atoms with Crippen LogP contribution in [0.4, 0.5) is 0 Å². The molecule has 0 aliphatic rings. The van der Waals surface area contributed by atoms with Gasteiger partial charge in [0.25, 0.3) is 5.91 Å². The highest BCUT2D eigenvalue weighted by Gasteiger charge is 2.09. The molecule has 20 heavy (non-hydrogen) atoms. The van der Waals surface area contributed by atoms with E-state index in [0.29, 0.717) is 18.7 Å². The lowest BCUT2D eigenvalue weighted by molar-refractivity contribution is 0.0949. The van der Waals surface area contributed by atoms with Crippen molar-refractivity contribution >= 4 is 21.8 Å². The van der Waals surface area contributed by atoms with Gasteiger partial charge in [0.15, 0.2) is 0 Å². The molecule has 3 nitrogen and oxygen atoms in total. The Morgan fingerprint density at radius 1 is 1.10 bits per heavy atom. The van der Waals surface area contributed by atoms with E-state index < -0.39 is 0 Å². The fraction of sp³-hybridized carbons (Fsp3) is 0.188. The van der Waals surface area contributed by atoms with Crippen molar-refractivity contribution in [2.45, 2.75) is 13.2 Å². The molecule has 0 atom stereocenters. The second-order valence-electron chi connectivity index (χ2n) is 4.36. The van der Waals surface area contributed by atoms with Crippen LogP contribution in [-0.4, -0.2) is 13.0 Å². The molecule has 0 fully saturated rings. The lowest BCUT2D eigenvalue weighted by Gasteiger charge is -2.10. The Labute approximate surface area is 127 Å². The van der Waals surface area contributed by atoms with Crippen molar-refractivity contribution in [1.82, 2.24) is 5.32 Å². The molecule has 0 spiro atoms. The van der Waals surface area contributed by atoms with Gasteiger partial charge in [-0.25, -0.2) is 0 Å². The number of rotatable bonds is 5. The van der Waals surface area contributed by atoms with E-state index in [1.807, 2.05) is 42.5 Å². The van der Waals surface area contributed by atoms with E-state index in [4.69, 9.17) is 4.74 Å². The zero-order chi connectivity index (χ0) is 14.4. The summed E-state index contributed by atoms with van der Waals surface area (Å²) >= 11 is 3.38. The summed E-state index contributed by atoms with van der Waals surface area (Å²) in [5.74, 6) is -0.0929. The quantitative estimate of drug-likeness (QED) is 0.908. The van der Waals surface area contributed by atoms with E-state index >= 15 is 0 Å². The predicted octanol–water partition coefficient (Wildman–Crippen LogP) is 3.53. The van der Waals surface area contributed by atoms with E-state index in [1.165, 1.54) is 0 Å². The summed E-state index contributed by atoms with van der Waals surface area (Å²) in [5, 5.41) is 2.93. The third-order valence-corrected chi connectivity index (χ3v) is 3.67. The maximum atomic E-state index is 12.1. The number of hydrogen-bond acceptors (Lipinski definition) is 2. The summed E-state index contributed by atoms with van der Waals surface area (Å²) in [6.07, 6.45) is 0. The van der Waals surface area contributed by atoms with Gasteiger partial charge >= 0.3 is 0 Å². The average molecular weight is 334 g/mol. The van der Waals surface area contributed by atoms with Crippen LogP contribution in [0.3, 0.4) is 0 Å². The minimum Gasteiger partial charge on any atom is -0.380 e. The van der Waals surface area contributed by atoms with Crippen molar-refractivity contribution in [2.75, 3.05) is 7.11 Å². The summed E-state index contributed by atoms with van der Waals surface area (Å²) < 4.78 is 5.95. The number of halogens is 1. The van der Waals surface area contributed by atoms with Crippen molar-refractivity contribution < 1.29 is 9.53 Å². The molecule has 0 aliphatic carbocycles. The molecule has 0 aliphatic heterocycles. The van der Waals surface area contributed by atoms with Crippen LogP contribution < -0.4 is 5.32 Å². The zero-order valence-corrected chi connectivity index (χ0v) is 12.8. The first-order valence-electron chi connectivity index (χ1n) is 6.31. The number of hydrogen-bond donors (Lipinski definition) is 1. The highest BCUT2D eigenvalue weighted by atomic mass is 79.9. The Hall–Kier alpha value is -1.65. The predicted molar refractivity (Wildman–Crippen MR) is 82.5 cm³/mol. The Balaban J connectivity index is 2.06. The van der Waals surface area contributed by atoms with Gasteiger partial charge in [0.1, 0.15) is 0 Å². The van der Waals surface area contributed by atoms with Gasteiger partial charge < -0.3 is 10.1 Å². The molecular formula is C16H16BrNO2. The lowest BCUT2D eigenvalue weighted by atomic mass is 10.1. The molecular weight excluding hydrogens is 318 g/mol. The van der Waals surface area contributed by atoms with Gasteiger partial charge in [-0.1, -0.05) is 36.4 Å². The normalized spacial score (nSPS) is 10.3. The number of ether oxygens (including phenoxy) is 1. The number of benzene rings is 2. The first-order chi connectivity index (χ1) is 9.72. The molecule has 4 heteroatoms. The molecule has 104 valence electrons. The van der Waals surface area contributed by atoms with Crippen molar-refractivity contribution in [3.8, 4) is 0 Å². The summed E-state index contributed by atoms with van der Waals surface area (Å²) in [6, 6.07) is 15.3. The minimum atomic E-state index is -0.0929. The Bertz CT molecular complexity index is 599. The fourth-order valence-electron chi connectivity index (χ4n) is 1.94. The number of carbonyl (C=O) groups excluding carboxylic acids is 1. The number of carbonyl (C=O) groups is 1. The van der Waals surface area contributed by atoms with Crippen LogP contribution in [0.1, 0.15) is 21.5 Å². The van der Waals surface area contributed by atoms with Gasteiger partial charge in [0.05, 0.1) is 12.2 Å². The summed E-state index contributed by atoms with van der Waals surface area (Å²) in [7, 11) is 1.66. The fourth-order valence-corrected chi connectivity index (χ4v) is 2.41. The largest absolute Gasteiger partial charge is 0.380 e. The highest BCUT2D eigenvalue weighted by molar-refractivity contribution is 9.10. The Kier molecular flexibility index (Phi) is 5.32. The van der Waals surface area contributed by atoms with Crippen LogP contribution in [0.2, 0.25) is 0 Å². The van der Waals surface area contributed by atoms with Crippen molar-refractivity contribution in [3.05, 3.63) is 69.7 Å². The summed E-state index contributed by atoms with van der Waals surface area (Å²) in [4.78, 5) is 12.1. The minimum absolute atomic E-state index is 0.0929. The molecule has 0 aromatic heterocycles. The molecule has 0 bridgehead atoms. The number of nitrogens with one attached hydrogen (secondary N) is 1. The molecule has 1 N–H and O–H groups in total. The molecule has 0 unspecified atom stereocenters. The first-order valence-corrected chi connectivity index (χ1v) is 7.10. The molecule has 0 saturated heterocycles. The van der Waals surface area contributed by atoms with Crippen LogP contribution in [0.25, 0.3) is 0 Å². The first kappa shape index (κ1) is 14.8. The molecule has 2 aromatic rings. The molecule has 2 rings (SSSR count). The van der Waals surface area contributed by atoms with E-state index in [0.717, 1.165) is 15.6 Å². The standard InChI is InChI=1S/C16H16BrNO2/c1-20-11-13-7-3-2-6-12(13)10-18-16(19)14-8-4-5-9-15(14)17/h2-9H,10-11H2,1H3,(H,18,19). The van der Waals surface area contributed by atoms with Crippen molar-refractivity contribution in [3.63, 3.8) is 0 Å². The van der Waals surface area contributed by atoms with Crippen LogP contribution >= 0.6 is 15.9 Å². The Morgan fingerprint density at radius 2 is 1.75 bits per heavy atom. The summed E-state index contributed by atoms with van der Waals surface area (Å²) in [5.41, 5.74) is 2.79. The highest BCUT2D eigenvalue weighted by Crippen LogP contribution is 2.16. The number of amides is 1. The van der Waals surface area contributed by atoms with Crippen LogP contribution in [0.15, 0.2) is 53.0 Å². The molecule has 0 radical (unpaired) electrons. The van der Waals surface area contributed by atoms with Crippen LogP contribution in [0, 0.1) is 0 Å². The van der Waals surface area contributed by atoms with E-state index in [9.17, 15) is 4.79 Å². The SMILES string of the molecule is COCc1ccccc1CNC(=O)c1ccccc1Br. The van der Waals surface area contributed by atoms with Gasteiger partial charge in [-0.05, 0) is 39.2 Å². The summed E-state index contributed by atoms with van der Waals surface area (Å²) in [6.45, 7) is 1.03. The van der Waals surface area contributed by atoms with Gasteiger partial charge in [-0.15, -0.1) is 0 Å². The topological polar surface area (TPSA) is 38.3 Å². The van der Waals surface area contributed by atoms with Crippen LogP contribution in [-0.2, 0) is 17.9 Å². The molecule has 0 saturated carbocycles. The zero-order valence-electron chi connectivity index (χ0n) is 11.2. The molecule has 2 aromatic carbocycles. The van der Waals surface area contributed by atoms with Crippen molar-refractivity contribution in [2.24, 2.45) is 0 Å². The smallest absolute Gasteiger partial charge is 0.252 e. The lowest BCUT2D eigenvalue weighted by Crippen LogP contribution is -2.23. The molecule has 0 heterocycles. The number of methoxy groups -OCH3 is 1. The maximum Gasteiger partial charge on any atom is 0.252 e. The van der Waals surface area contributed by atoms with E-state index in [2.05, 4.69) is 21.2 Å². The van der Waals surface area contributed by atoms with Gasteiger partial charge in [0, 0.05) is 18.1 Å². The van der Waals surface area contributed by atoms with E-state index in [1.54, 1.807) is 13.2 Å². The second-order valence-corrected chi connectivity index (χ2v) is 5.22.